The Morgan fingerprint density at radius 2 is 2.00 bits per heavy atom. The first-order valence-corrected chi connectivity index (χ1v) is 4.73. The molecular formula is C8H15IO. The van der Waals surface area contributed by atoms with Crippen LogP contribution in [0.4, 0.5) is 0 Å². The summed E-state index contributed by atoms with van der Waals surface area (Å²) in [5.74, 6) is 0.525. The van der Waals surface area contributed by atoms with Crippen LogP contribution in [0.2, 0.25) is 0 Å². The van der Waals surface area contributed by atoms with Crippen molar-refractivity contribution in [3.05, 3.63) is 0 Å². The summed E-state index contributed by atoms with van der Waals surface area (Å²) in [6.07, 6.45) is 0.921. The SMILES string of the molecule is CCC(C)(I)C(=O)C(C)C. The van der Waals surface area contributed by atoms with E-state index in [-0.39, 0.29) is 9.34 Å². The zero-order valence-corrected chi connectivity index (χ0v) is 9.23. The number of Topliss-reactive ketones (excluding diaryl/α,β-unsaturated/α-hetero) is 1. The maximum Gasteiger partial charge on any atom is 0.150 e. The van der Waals surface area contributed by atoms with Gasteiger partial charge >= 0.3 is 0 Å². The van der Waals surface area contributed by atoms with Gasteiger partial charge in [-0.2, -0.15) is 0 Å². The van der Waals surface area contributed by atoms with Crippen LogP contribution in [-0.4, -0.2) is 9.20 Å². The summed E-state index contributed by atoms with van der Waals surface area (Å²) in [6, 6.07) is 0. The maximum absolute atomic E-state index is 11.4. The van der Waals surface area contributed by atoms with E-state index in [0.717, 1.165) is 6.42 Å². The second-order valence-electron chi connectivity index (χ2n) is 3.07. The van der Waals surface area contributed by atoms with E-state index in [9.17, 15) is 4.79 Å². The first kappa shape index (κ1) is 10.4. The topological polar surface area (TPSA) is 17.1 Å². The molecule has 0 saturated carbocycles. The first-order valence-electron chi connectivity index (χ1n) is 3.65. The molecule has 0 N–H and O–H groups in total. The molecule has 2 heteroatoms. The van der Waals surface area contributed by atoms with Crippen LogP contribution < -0.4 is 0 Å². The Bertz CT molecular complexity index is 127. The summed E-state index contributed by atoms with van der Waals surface area (Å²) in [6.45, 7) is 7.95. The summed E-state index contributed by atoms with van der Waals surface area (Å²) < 4.78 is -0.147. The molecule has 0 aliphatic rings. The zero-order chi connectivity index (χ0) is 8.36. The predicted octanol–water partition coefficient (Wildman–Crippen LogP) is 2.82. The van der Waals surface area contributed by atoms with Crippen molar-refractivity contribution >= 4 is 28.4 Å². The molecule has 0 heterocycles. The fraction of sp³-hybridized carbons (Fsp3) is 0.875. The highest BCUT2D eigenvalue weighted by Crippen LogP contribution is 2.26. The molecule has 0 spiro atoms. The largest absolute Gasteiger partial charge is 0.298 e. The van der Waals surface area contributed by atoms with Gasteiger partial charge < -0.3 is 0 Å². The van der Waals surface area contributed by atoms with E-state index in [4.69, 9.17) is 0 Å². The van der Waals surface area contributed by atoms with Crippen molar-refractivity contribution in [2.24, 2.45) is 5.92 Å². The van der Waals surface area contributed by atoms with Gasteiger partial charge in [0.05, 0.1) is 3.42 Å². The third kappa shape index (κ3) is 2.56. The number of rotatable bonds is 3. The van der Waals surface area contributed by atoms with Crippen LogP contribution in [-0.2, 0) is 4.79 Å². The Kier molecular flexibility index (Phi) is 3.84. The lowest BCUT2D eigenvalue weighted by atomic mass is 9.95. The minimum absolute atomic E-state index is 0.147. The van der Waals surface area contributed by atoms with Gasteiger partial charge in [-0.15, -0.1) is 0 Å². The van der Waals surface area contributed by atoms with Crippen LogP contribution in [0.3, 0.4) is 0 Å². The van der Waals surface area contributed by atoms with E-state index in [2.05, 4.69) is 22.6 Å². The molecule has 0 bridgehead atoms. The lowest BCUT2D eigenvalue weighted by molar-refractivity contribution is -0.123. The smallest absolute Gasteiger partial charge is 0.150 e. The molecular weight excluding hydrogens is 239 g/mol. The quantitative estimate of drug-likeness (QED) is 0.559. The minimum Gasteiger partial charge on any atom is -0.298 e. The second kappa shape index (κ2) is 3.69. The minimum atomic E-state index is -0.147. The molecule has 1 nitrogen and oxygen atoms in total. The highest BCUT2D eigenvalue weighted by molar-refractivity contribution is 14.1. The molecule has 0 rings (SSSR count). The van der Waals surface area contributed by atoms with Crippen LogP contribution in [0.1, 0.15) is 34.1 Å². The van der Waals surface area contributed by atoms with Gasteiger partial charge in [0.15, 0.2) is 5.78 Å². The molecule has 0 aromatic heterocycles. The van der Waals surface area contributed by atoms with Crippen molar-refractivity contribution in [1.29, 1.82) is 0 Å². The van der Waals surface area contributed by atoms with E-state index in [1.165, 1.54) is 0 Å². The van der Waals surface area contributed by atoms with Gasteiger partial charge in [-0.1, -0.05) is 43.4 Å². The van der Waals surface area contributed by atoms with Gasteiger partial charge in [0, 0.05) is 5.92 Å². The fourth-order valence-corrected chi connectivity index (χ4v) is 1.40. The van der Waals surface area contributed by atoms with Crippen molar-refractivity contribution in [2.75, 3.05) is 0 Å². The summed E-state index contributed by atoms with van der Waals surface area (Å²) in [4.78, 5) is 11.4. The van der Waals surface area contributed by atoms with Gasteiger partial charge in [-0.25, -0.2) is 0 Å². The Hall–Kier alpha value is 0.400. The number of ketones is 1. The van der Waals surface area contributed by atoms with E-state index in [1.54, 1.807) is 0 Å². The molecule has 1 atom stereocenters. The van der Waals surface area contributed by atoms with E-state index < -0.39 is 0 Å². The van der Waals surface area contributed by atoms with Crippen molar-refractivity contribution in [3.8, 4) is 0 Å². The number of carbonyl (C=O) groups excluding carboxylic acids is 1. The Morgan fingerprint density at radius 1 is 1.60 bits per heavy atom. The maximum atomic E-state index is 11.4. The number of hydrogen-bond acceptors (Lipinski definition) is 1. The normalized spacial score (nSPS) is 17.0. The van der Waals surface area contributed by atoms with Gasteiger partial charge in [0.2, 0.25) is 0 Å². The summed E-state index contributed by atoms with van der Waals surface area (Å²) >= 11 is 2.23. The fourth-order valence-electron chi connectivity index (χ4n) is 0.776. The van der Waals surface area contributed by atoms with E-state index >= 15 is 0 Å². The van der Waals surface area contributed by atoms with Crippen molar-refractivity contribution in [3.63, 3.8) is 0 Å². The van der Waals surface area contributed by atoms with E-state index in [0.29, 0.717) is 5.78 Å². The molecule has 0 radical (unpaired) electrons. The van der Waals surface area contributed by atoms with Gasteiger partial charge in [-0.3, -0.25) is 4.79 Å². The Morgan fingerprint density at radius 3 is 2.10 bits per heavy atom. The molecule has 0 amide bonds. The highest BCUT2D eigenvalue weighted by atomic mass is 127. The molecule has 0 aromatic rings. The Balaban J connectivity index is 4.19. The van der Waals surface area contributed by atoms with E-state index in [1.807, 2.05) is 27.7 Å². The van der Waals surface area contributed by atoms with Crippen LogP contribution in [0, 0.1) is 5.92 Å². The van der Waals surface area contributed by atoms with Gasteiger partial charge in [-0.05, 0) is 13.3 Å². The molecule has 10 heavy (non-hydrogen) atoms. The first-order chi connectivity index (χ1) is 4.41. The lowest BCUT2D eigenvalue weighted by Crippen LogP contribution is -2.30. The number of carbonyl (C=O) groups is 1. The van der Waals surface area contributed by atoms with Gasteiger partial charge in [0.1, 0.15) is 0 Å². The van der Waals surface area contributed by atoms with Crippen LogP contribution in [0.5, 0.6) is 0 Å². The number of alkyl halides is 1. The summed E-state index contributed by atoms with van der Waals surface area (Å²) in [5, 5.41) is 0. The average molecular weight is 254 g/mol. The van der Waals surface area contributed by atoms with Crippen LogP contribution in [0.15, 0.2) is 0 Å². The van der Waals surface area contributed by atoms with Crippen molar-refractivity contribution < 1.29 is 4.79 Å². The predicted molar refractivity (Wildman–Crippen MR) is 52.6 cm³/mol. The number of hydrogen-bond donors (Lipinski definition) is 0. The highest BCUT2D eigenvalue weighted by Gasteiger charge is 2.28. The summed E-state index contributed by atoms with van der Waals surface area (Å²) in [5.41, 5.74) is 0. The zero-order valence-electron chi connectivity index (χ0n) is 7.07. The number of halogens is 1. The third-order valence-corrected chi connectivity index (χ3v) is 3.00. The van der Waals surface area contributed by atoms with Crippen molar-refractivity contribution in [1.82, 2.24) is 0 Å². The molecule has 0 fully saturated rings. The lowest BCUT2D eigenvalue weighted by Gasteiger charge is -2.20. The standard InChI is InChI=1S/C8H15IO/c1-5-8(4,9)7(10)6(2)3/h6H,5H2,1-4H3. The molecule has 0 aromatic carbocycles. The average Bonchev–Trinajstić information content (AvgIpc) is 1.86. The summed E-state index contributed by atoms with van der Waals surface area (Å²) in [7, 11) is 0. The molecule has 60 valence electrons. The van der Waals surface area contributed by atoms with Crippen molar-refractivity contribution in [2.45, 2.75) is 37.5 Å². The monoisotopic (exact) mass is 254 g/mol. The molecule has 1 unspecified atom stereocenters. The van der Waals surface area contributed by atoms with Gasteiger partial charge in [0.25, 0.3) is 0 Å². The molecule has 0 aliphatic carbocycles. The second-order valence-corrected chi connectivity index (χ2v) is 5.45. The third-order valence-electron chi connectivity index (χ3n) is 1.70. The van der Waals surface area contributed by atoms with Crippen LogP contribution >= 0.6 is 22.6 Å². The van der Waals surface area contributed by atoms with Crippen LogP contribution in [0.25, 0.3) is 0 Å². The Labute approximate surface area is 76.7 Å². The molecule has 0 aliphatic heterocycles. The molecule has 0 saturated heterocycles.